The standard InChI is InChI=1S/C26H28N2OS2/c1-5-16-28-24(29)22(31-25(28)30)14-15-23-26(3,4)20-17-19(18-10-8-7-9-11-18)12-13-21(20)27(23)6-2/h7-15,17H,5-6,16H2,1-4H3/b22-14-,23-15-. The topological polar surface area (TPSA) is 23.6 Å². The van der Waals surface area contributed by atoms with Gasteiger partial charge in [0.1, 0.15) is 4.32 Å². The summed E-state index contributed by atoms with van der Waals surface area (Å²) in [5.41, 5.74) is 6.05. The molecule has 0 unspecified atom stereocenters. The van der Waals surface area contributed by atoms with Gasteiger partial charge in [-0.25, -0.2) is 0 Å². The van der Waals surface area contributed by atoms with Gasteiger partial charge in [-0.05, 0) is 54.3 Å². The van der Waals surface area contributed by atoms with Crippen molar-refractivity contribution in [3.63, 3.8) is 0 Å². The molecule has 0 atom stereocenters. The number of benzene rings is 2. The van der Waals surface area contributed by atoms with Gasteiger partial charge in [-0.1, -0.05) is 81.1 Å². The molecule has 3 nitrogen and oxygen atoms in total. The fourth-order valence-electron chi connectivity index (χ4n) is 4.41. The van der Waals surface area contributed by atoms with Crippen molar-refractivity contribution in [3.8, 4) is 11.1 Å². The first-order valence-corrected chi connectivity index (χ1v) is 12.0. The lowest BCUT2D eigenvalue weighted by Crippen LogP contribution is -2.28. The monoisotopic (exact) mass is 448 g/mol. The average Bonchev–Trinajstić information content (AvgIpc) is 3.16. The van der Waals surface area contributed by atoms with Crippen LogP contribution in [0.4, 0.5) is 5.69 Å². The van der Waals surface area contributed by atoms with Crippen LogP contribution in [-0.2, 0) is 10.2 Å². The maximum absolute atomic E-state index is 12.7. The highest BCUT2D eigenvalue weighted by atomic mass is 32.2. The molecule has 0 aliphatic carbocycles. The smallest absolute Gasteiger partial charge is 0.266 e. The lowest BCUT2D eigenvalue weighted by molar-refractivity contribution is -0.122. The van der Waals surface area contributed by atoms with E-state index in [4.69, 9.17) is 12.2 Å². The Labute approximate surface area is 194 Å². The van der Waals surface area contributed by atoms with Gasteiger partial charge in [-0.2, -0.15) is 0 Å². The lowest BCUT2D eigenvalue weighted by Gasteiger charge is -2.25. The summed E-state index contributed by atoms with van der Waals surface area (Å²) in [4.78, 5) is 17.5. The molecule has 2 aromatic rings. The largest absolute Gasteiger partial charge is 0.344 e. The highest BCUT2D eigenvalue weighted by Gasteiger charge is 2.39. The maximum atomic E-state index is 12.7. The van der Waals surface area contributed by atoms with Crippen molar-refractivity contribution in [2.24, 2.45) is 0 Å². The summed E-state index contributed by atoms with van der Waals surface area (Å²) >= 11 is 6.82. The third kappa shape index (κ3) is 3.85. The summed E-state index contributed by atoms with van der Waals surface area (Å²) in [5, 5.41) is 0. The summed E-state index contributed by atoms with van der Waals surface area (Å²) < 4.78 is 0.658. The lowest BCUT2D eigenvalue weighted by atomic mass is 9.82. The van der Waals surface area contributed by atoms with Gasteiger partial charge < -0.3 is 4.90 Å². The Morgan fingerprint density at radius 1 is 1.00 bits per heavy atom. The van der Waals surface area contributed by atoms with Crippen LogP contribution in [0.15, 0.2) is 71.3 Å². The third-order valence-electron chi connectivity index (χ3n) is 6.03. The van der Waals surface area contributed by atoms with Gasteiger partial charge in [0.25, 0.3) is 5.91 Å². The van der Waals surface area contributed by atoms with Crippen LogP contribution in [0, 0.1) is 0 Å². The van der Waals surface area contributed by atoms with Crippen LogP contribution in [0.5, 0.6) is 0 Å². The summed E-state index contributed by atoms with van der Waals surface area (Å²) in [5.74, 6) is 0.0245. The Morgan fingerprint density at radius 3 is 2.42 bits per heavy atom. The number of nitrogens with zero attached hydrogens (tertiary/aromatic N) is 2. The second-order valence-electron chi connectivity index (χ2n) is 8.37. The molecule has 5 heteroatoms. The number of hydrogen-bond donors (Lipinski definition) is 0. The minimum Gasteiger partial charge on any atom is -0.344 e. The summed E-state index contributed by atoms with van der Waals surface area (Å²) in [7, 11) is 0. The number of anilines is 1. The highest BCUT2D eigenvalue weighted by molar-refractivity contribution is 8.26. The van der Waals surface area contributed by atoms with Gasteiger partial charge in [-0.15, -0.1) is 0 Å². The first kappa shape index (κ1) is 21.8. The zero-order valence-electron chi connectivity index (χ0n) is 18.5. The number of rotatable bonds is 5. The summed E-state index contributed by atoms with van der Waals surface area (Å²) in [6.07, 6.45) is 4.97. The maximum Gasteiger partial charge on any atom is 0.266 e. The van der Waals surface area contributed by atoms with E-state index in [1.54, 1.807) is 4.90 Å². The van der Waals surface area contributed by atoms with E-state index in [2.05, 4.69) is 81.1 Å². The summed E-state index contributed by atoms with van der Waals surface area (Å²) in [6.45, 7) is 10.3. The van der Waals surface area contributed by atoms with Crippen LogP contribution >= 0.6 is 24.0 Å². The van der Waals surface area contributed by atoms with Crippen molar-refractivity contribution in [1.82, 2.24) is 4.90 Å². The van der Waals surface area contributed by atoms with E-state index in [0.717, 1.165) is 13.0 Å². The molecule has 0 N–H and O–H groups in total. The zero-order chi connectivity index (χ0) is 22.2. The fourth-order valence-corrected chi connectivity index (χ4v) is 5.66. The van der Waals surface area contributed by atoms with Crippen molar-refractivity contribution >= 4 is 39.9 Å². The van der Waals surface area contributed by atoms with E-state index in [-0.39, 0.29) is 11.3 Å². The molecule has 0 radical (unpaired) electrons. The number of thiocarbonyl (C=S) groups is 1. The molecule has 0 bridgehead atoms. The molecule has 2 aromatic carbocycles. The van der Waals surface area contributed by atoms with E-state index in [9.17, 15) is 4.79 Å². The Hall–Kier alpha value is -2.37. The molecule has 160 valence electrons. The van der Waals surface area contributed by atoms with Crippen molar-refractivity contribution in [3.05, 3.63) is 76.8 Å². The number of likely N-dealkylation sites (N-methyl/N-ethyl adjacent to an activating group) is 1. The van der Waals surface area contributed by atoms with Crippen LogP contribution in [0.1, 0.15) is 39.7 Å². The molecule has 4 rings (SSSR count). The van der Waals surface area contributed by atoms with Crippen LogP contribution in [0.3, 0.4) is 0 Å². The SMILES string of the molecule is CCCN1C(=O)/C(=C/C=C2\N(CC)c3ccc(-c4ccccc4)cc3C2(C)C)SC1=S. The Bertz CT molecular complexity index is 1090. The van der Waals surface area contributed by atoms with Crippen LogP contribution in [-0.4, -0.2) is 28.2 Å². The van der Waals surface area contributed by atoms with Crippen molar-refractivity contribution in [2.75, 3.05) is 18.0 Å². The first-order valence-electron chi connectivity index (χ1n) is 10.8. The number of carbonyl (C=O) groups excluding carboxylic acids is 1. The average molecular weight is 449 g/mol. The van der Waals surface area contributed by atoms with Crippen molar-refractivity contribution < 1.29 is 4.79 Å². The Balaban J connectivity index is 1.72. The molecule has 0 aromatic heterocycles. The Kier molecular flexibility index (Phi) is 6.09. The predicted octanol–water partition coefficient (Wildman–Crippen LogP) is 6.51. The number of allylic oxidation sites excluding steroid dienone is 3. The van der Waals surface area contributed by atoms with Gasteiger partial charge in [0.2, 0.25) is 0 Å². The number of fused-ring (bicyclic) bond motifs is 1. The third-order valence-corrected chi connectivity index (χ3v) is 7.42. The molecule has 1 saturated heterocycles. The molecule has 1 amide bonds. The number of carbonyl (C=O) groups is 1. The molecular formula is C26H28N2OS2. The van der Waals surface area contributed by atoms with E-state index in [1.165, 1.54) is 39.8 Å². The van der Waals surface area contributed by atoms with Crippen molar-refractivity contribution in [1.29, 1.82) is 0 Å². The number of thioether (sulfide) groups is 1. The van der Waals surface area contributed by atoms with Crippen LogP contribution in [0.2, 0.25) is 0 Å². The van der Waals surface area contributed by atoms with E-state index in [0.29, 0.717) is 15.8 Å². The first-order chi connectivity index (χ1) is 14.9. The Morgan fingerprint density at radius 2 is 1.74 bits per heavy atom. The number of amides is 1. The minimum absolute atomic E-state index is 0.0245. The quantitative estimate of drug-likeness (QED) is 0.384. The van der Waals surface area contributed by atoms with Crippen LogP contribution in [0.25, 0.3) is 11.1 Å². The highest BCUT2D eigenvalue weighted by Crippen LogP contribution is 2.49. The van der Waals surface area contributed by atoms with E-state index in [1.807, 2.05) is 12.1 Å². The van der Waals surface area contributed by atoms with Gasteiger partial charge >= 0.3 is 0 Å². The molecule has 2 heterocycles. The molecule has 0 saturated carbocycles. The summed E-state index contributed by atoms with van der Waals surface area (Å²) in [6, 6.07) is 17.2. The zero-order valence-corrected chi connectivity index (χ0v) is 20.1. The van der Waals surface area contributed by atoms with Crippen molar-refractivity contribution in [2.45, 2.75) is 39.5 Å². The second kappa shape index (κ2) is 8.64. The number of hydrogen-bond acceptors (Lipinski definition) is 4. The van der Waals surface area contributed by atoms with Gasteiger partial charge in [0, 0.05) is 29.9 Å². The molecule has 0 spiro atoms. The second-order valence-corrected chi connectivity index (χ2v) is 10.1. The van der Waals surface area contributed by atoms with Gasteiger partial charge in [0.05, 0.1) is 4.91 Å². The predicted molar refractivity (Wildman–Crippen MR) is 136 cm³/mol. The minimum atomic E-state index is -0.164. The molecule has 2 aliphatic rings. The fraction of sp³-hybridized carbons (Fsp3) is 0.308. The normalized spacial score (nSPS) is 20.3. The van der Waals surface area contributed by atoms with Crippen LogP contribution < -0.4 is 4.90 Å². The molecule has 31 heavy (non-hydrogen) atoms. The van der Waals surface area contributed by atoms with E-state index >= 15 is 0 Å². The van der Waals surface area contributed by atoms with Gasteiger partial charge in [-0.3, -0.25) is 9.69 Å². The van der Waals surface area contributed by atoms with E-state index < -0.39 is 0 Å². The molecule has 2 aliphatic heterocycles. The van der Waals surface area contributed by atoms with Gasteiger partial charge in [0.15, 0.2) is 0 Å². The molecule has 1 fully saturated rings. The molecular weight excluding hydrogens is 420 g/mol.